The number of benzene rings is 2. The van der Waals surface area contributed by atoms with Gasteiger partial charge < -0.3 is 15.0 Å². The van der Waals surface area contributed by atoms with E-state index in [1.165, 1.54) is 0 Å². The highest BCUT2D eigenvalue weighted by Crippen LogP contribution is 2.23. The Morgan fingerprint density at radius 3 is 2.91 bits per heavy atom. The molecule has 33 heavy (non-hydrogen) atoms. The Labute approximate surface area is 193 Å². The van der Waals surface area contributed by atoms with Crippen LogP contribution >= 0.6 is 11.8 Å². The fraction of sp³-hybridized carbons (Fsp3) is 0.261. The van der Waals surface area contributed by atoms with Crippen molar-refractivity contribution in [1.29, 1.82) is 0 Å². The number of anilines is 1. The van der Waals surface area contributed by atoms with Crippen LogP contribution in [-0.4, -0.2) is 40.2 Å². The Morgan fingerprint density at radius 2 is 2.09 bits per heavy atom. The van der Waals surface area contributed by atoms with Gasteiger partial charge in [-0.25, -0.2) is 13.8 Å². The number of nitrogens with zero attached hydrogens (tertiary/aromatic N) is 2. The molecule has 1 aliphatic heterocycles. The van der Waals surface area contributed by atoms with Gasteiger partial charge >= 0.3 is 0 Å². The van der Waals surface area contributed by atoms with Crippen LogP contribution in [-0.2, 0) is 24.3 Å². The lowest BCUT2D eigenvalue weighted by Crippen LogP contribution is -2.35. The van der Waals surface area contributed by atoms with Crippen LogP contribution in [0.1, 0.15) is 16.8 Å². The lowest BCUT2D eigenvalue weighted by Gasteiger charge is -2.28. The zero-order valence-electron chi connectivity index (χ0n) is 17.9. The molecule has 0 saturated carbocycles. The summed E-state index contributed by atoms with van der Waals surface area (Å²) in [5, 5.41) is 2.64. The van der Waals surface area contributed by atoms with Gasteiger partial charge in [0.05, 0.1) is 29.8 Å². The number of halogens is 2. The Balaban J connectivity index is 1.39. The molecule has 10 heteroatoms. The Bertz CT molecular complexity index is 1230. The number of amides is 1. The van der Waals surface area contributed by atoms with Crippen LogP contribution in [0.15, 0.2) is 52.4 Å². The number of ether oxygens (including phenoxy) is 1. The van der Waals surface area contributed by atoms with Crippen molar-refractivity contribution in [2.24, 2.45) is 0 Å². The van der Waals surface area contributed by atoms with E-state index in [1.807, 2.05) is 24.3 Å². The summed E-state index contributed by atoms with van der Waals surface area (Å²) >= 11 is 1.03. The molecule has 2 aromatic carbocycles. The van der Waals surface area contributed by atoms with E-state index in [-0.39, 0.29) is 17.0 Å². The first-order chi connectivity index (χ1) is 15.9. The maximum atomic E-state index is 13.7. The van der Waals surface area contributed by atoms with Crippen molar-refractivity contribution in [3.05, 3.63) is 81.3 Å². The minimum Gasteiger partial charge on any atom is -0.496 e. The quantitative estimate of drug-likeness (QED) is 0.405. The molecule has 0 aliphatic carbocycles. The van der Waals surface area contributed by atoms with Gasteiger partial charge in [-0.15, -0.1) is 0 Å². The number of aromatic nitrogens is 2. The van der Waals surface area contributed by atoms with E-state index in [0.717, 1.165) is 47.8 Å². The van der Waals surface area contributed by atoms with Gasteiger partial charge in [0.1, 0.15) is 17.4 Å². The molecule has 2 heterocycles. The van der Waals surface area contributed by atoms with E-state index < -0.39 is 17.5 Å². The van der Waals surface area contributed by atoms with Gasteiger partial charge in [0, 0.05) is 37.7 Å². The SMILES string of the molecule is COc1ccccc1CN1CCc2nc(SCC(=O)Nc3cc(F)ccc3F)[nH]c(=O)c2C1. The summed E-state index contributed by atoms with van der Waals surface area (Å²) in [6, 6.07) is 10.6. The maximum absolute atomic E-state index is 13.7. The normalized spacial score (nSPS) is 13.4. The number of methoxy groups -OCH3 is 1. The highest BCUT2D eigenvalue weighted by molar-refractivity contribution is 7.99. The van der Waals surface area contributed by atoms with E-state index in [9.17, 15) is 18.4 Å². The number of thioether (sulfide) groups is 1. The molecule has 7 nitrogen and oxygen atoms in total. The molecule has 3 aromatic rings. The zero-order valence-corrected chi connectivity index (χ0v) is 18.7. The number of fused-ring (bicyclic) bond motifs is 1. The number of hydrogen-bond donors (Lipinski definition) is 2. The van der Waals surface area contributed by atoms with Crippen LogP contribution in [0, 0.1) is 11.6 Å². The van der Waals surface area contributed by atoms with Crippen LogP contribution in [0.2, 0.25) is 0 Å². The second-order valence-electron chi connectivity index (χ2n) is 7.53. The third-order valence-electron chi connectivity index (χ3n) is 5.25. The molecule has 0 saturated heterocycles. The fourth-order valence-corrected chi connectivity index (χ4v) is 4.33. The molecule has 0 fully saturated rings. The maximum Gasteiger partial charge on any atom is 0.256 e. The monoisotopic (exact) mass is 472 g/mol. The first-order valence-corrected chi connectivity index (χ1v) is 11.3. The molecule has 0 bridgehead atoms. The molecule has 0 spiro atoms. The summed E-state index contributed by atoms with van der Waals surface area (Å²) < 4.78 is 32.4. The largest absolute Gasteiger partial charge is 0.496 e. The van der Waals surface area contributed by atoms with E-state index in [0.29, 0.717) is 35.9 Å². The molecule has 172 valence electrons. The van der Waals surface area contributed by atoms with Gasteiger partial charge in [-0.1, -0.05) is 30.0 Å². The summed E-state index contributed by atoms with van der Waals surface area (Å²) in [7, 11) is 1.63. The Morgan fingerprint density at radius 1 is 1.27 bits per heavy atom. The average Bonchev–Trinajstić information content (AvgIpc) is 2.81. The smallest absolute Gasteiger partial charge is 0.256 e. The number of nitrogens with one attached hydrogen (secondary N) is 2. The first kappa shape index (κ1) is 22.9. The van der Waals surface area contributed by atoms with Gasteiger partial charge in [0.15, 0.2) is 5.16 Å². The Kier molecular flexibility index (Phi) is 7.05. The predicted octanol–water partition coefficient (Wildman–Crippen LogP) is 3.35. The summed E-state index contributed by atoms with van der Waals surface area (Å²) in [6.07, 6.45) is 0.600. The molecule has 0 radical (unpaired) electrons. The third-order valence-corrected chi connectivity index (χ3v) is 6.13. The van der Waals surface area contributed by atoms with Crippen LogP contribution in [0.25, 0.3) is 0 Å². The number of aromatic amines is 1. The zero-order chi connectivity index (χ0) is 23.4. The number of carbonyl (C=O) groups excluding carboxylic acids is 1. The molecule has 1 amide bonds. The molecule has 4 rings (SSSR count). The van der Waals surface area contributed by atoms with Gasteiger partial charge in [-0.3, -0.25) is 14.5 Å². The van der Waals surface area contributed by atoms with Gasteiger partial charge in [-0.05, 0) is 18.2 Å². The van der Waals surface area contributed by atoms with Crippen LogP contribution < -0.4 is 15.6 Å². The number of para-hydroxylation sites is 1. The summed E-state index contributed by atoms with van der Waals surface area (Å²) in [5.41, 5.74) is 1.87. The van der Waals surface area contributed by atoms with E-state index >= 15 is 0 Å². The lowest BCUT2D eigenvalue weighted by molar-refractivity contribution is -0.113. The summed E-state index contributed by atoms with van der Waals surface area (Å²) in [4.78, 5) is 34.2. The van der Waals surface area contributed by atoms with Crippen molar-refractivity contribution in [2.45, 2.75) is 24.7 Å². The van der Waals surface area contributed by atoms with E-state index in [2.05, 4.69) is 20.2 Å². The summed E-state index contributed by atoms with van der Waals surface area (Å²) in [6.45, 7) is 1.83. The van der Waals surface area contributed by atoms with Crippen molar-refractivity contribution < 1.29 is 18.3 Å². The van der Waals surface area contributed by atoms with Crippen LogP contribution in [0.5, 0.6) is 5.75 Å². The van der Waals surface area contributed by atoms with Gasteiger partial charge in [0.2, 0.25) is 5.91 Å². The van der Waals surface area contributed by atoms with Crippen molar-refractivity contribution in [2.75, 3.05) is 24.7 Å². The van der Waals surface area contributed by atoms with E-state index in [1.54, 1.807) is 7.11 Å². The number of hydrogen-bond acceptors (Lipinski definition) is 6. The highest BCUT2D eigenvalue weighted by Gasteiger charge is 2.22. The molecule has 1 aromatic heterocycles. The first-order valence-electron chi connectivity index (χ1n) is 10.3. The van der Waals surface area contributed by atoms with Crippen LogP contribution in [0.4, 0.5) is 14.5 Å². The minimum absolute atomic E-state index is 0.113. The topological polar surface area (TPSA) is 87.3 Å². The number of H-pyrrole nitrogens is 1. The minimum atomic E-state index is -0.729. The second kappa shape index (κ2) is 10.1. The molecule has 0 atom stereocenters. The van der Waals surface area contributed by atoms with Crippen molar-refractivity contribution in [3.63, 3.8) is 0 Å². The van der Waals surface area contributed by atoms with Crippen molar-refractivity contribution >= 4 is 23.4 Å². The number of carbonyl (C=O) groups is 1. The average molecular weight is 473 g/mol. The third kappa shape index (κ3) is 5.58. The molecule has 1 aliphatic rings. The summed E-state index contributed by atoms with van der Waals surface area (Å²) in [5.74, 6) is -1.23. The standard InChI is InChI=1S/C23H22F2N4O3S/c1-32-20-5-3-2-4-14(20)11-29-9-8-18-16(12-29)22(31)28-23(27-18)33-13-21(30)26-19-10-15(24)6-7-17(19)25/h2-7,10H,8-9,11-13H2,1H3,(H,26,30)(H,27,28,31). The predicted molar refractivity (Wildman–Crippen MR) is 121 cm³/mol. The van der Waals surface area contributed by atoms with E-state index in [4.69, 9.17) is 4.74 Å². The van der Waals surface area contributed by atoms with Gasteiger partial charge in [-0.2, -0.15) is 0 Å². The molecule has 0 unspecified atom stereocenters. The Hall–Kier alpha value is -3.24. The highest BCUT2D eigenvalue weighted by atomic mass is 32.2. The molecule has 2 N–H and O–H groups in total. The molecular weight excluding hydrogens is 450 g/mol. The van der Waals surface area contributed by atoms with Crippen molar-refractivity contribution in [1.82, 2.24) is 14.9 Å². The second-order valence-corrected chi connectivity index (χ2v) is 8.49. The lowest BCUT2D eigenvalue weighted by atomic mass is 10.1. The molecular formula is C23H22F2N4O3S. The number of rotatable bonds is 7. The fourth-order valence-electron chi connectivity index (χ4n) is 3.65. The van der Waals surface area contributed by atoms with Crippen molar-refractivity contribution in [3.8, 4) is 5.75 Å². The van der Waals surface area contributed by atoms with Gasteiger partial charge in [0.25, 0.3) is 5.56 Å². The van der Waals surface area contributed by atoms with Crippen LogP contribution in [0.3, 0.4) is 0 Å².